The number of aromatic nitrogens is 1. The van der Waals surface area contributed by atoms with Crippen molar-refractivity contribution in [3.8, 4) is 61.3 Å². The number of fused-ring (bicyclic) bond motifs is 5. The minimum atomic E-state index is 1.08. The van der Waals surface area contributed by atoms with Crippen LogP contribution in [0.2, 0.25) is 0 Å². The van der Waals surface area contributed by atoms with E-state index in [1.807, 2.05) is 0 Å². The van der Waals surface area contributed by atoms with E-state index in [0.29, 0.717) is 0 Å². The van der Waals surface area contributed by atoms with Gasteiger partial charge in [0.2, 0.25) is 0 Å². The second kappa shape index (κ2) is 17.4. The van der Waals surface area contributed by atoms with Crippen LogP contribution in [0.3, 0.4) is 0 Å². The molecule has 13 aromatic rings. The van der Waals surface area contributed by atoms with Gasteiger partial charge in [0.05, 0.1) is 16.7 Å². The molecule has 70 heavy (non-hydrogen) atoms. The van der Waals surface area contributed by atoms with Gasteiger partial charge in [-0.1, -0.05) is 212 Å². The third kappa shape index (κ3) is 7.49. The van der Waals surface area contributed by atoms with E-state index >= 15 is 0 Å². The molecule has 0 aliphatic carbocycles. The first-order chi connectivity index (χ1) is 34.7. The Hall–Kier alpha value is -9.24. The molecule has 0 radical (unpaired) electrons. The zero-order valence-electron chi connectivity index (χ0n) is 38.5. The van der Waals surface area contributed by atoms with E-state index in [4.69, 9.17) is 0 Å². The lowest BCUT2D eigenvalue weighted by Crippen LogP contribution is -2.09. The van der Waals surface area contributed by atoms with Gasteiger partial charge in [0.25, 0.3) is 0 Å². The highest BCUT2D eigenvalue weighted by Gasteiger charge is 2.19. The minimum Gasteiger partial charge on any atom is -0.311 e. The predicted molar refractivity (Wildman–Crippen MR) is 298 cm³/mol. The van der Waals surface area contributed by atoms with Crippen molar-refractivity contribution in [1.82, 2.24) is 4.57 Å². The van der Waals surface area contributed by atoms with Crippen molar-refractivity contribution < 1.29 is 0 Å². The van der Waals surface area contributed by atoms with Crippen molar-refractivity contribution in [2.75, 3.05) is 4.90 Å². The summed E-state index contributed by atoms with van der Waals surface area (Å²) in [7, 11) is 0. The minimum absolute atomic E-state index is 1.08. The van der Waals surface area contributed by atoms with Crippen LogP contribution in [0, 0.1) is 0 Å². The third-order valence-corrected chi connectivity index (χ3v) is 14.0. The Morgan fingerprint density at radius 2 is 0.571 bits per heavy atom. The predicted octanol–water partition coefficient (Wildman–Crippen LogP) is 18.9. The summed E-state index contributed by atoms with van der Waals surface area (Å²) in [6.07, 6.45) is 0. The fourth-order valence-corrected chi connectivity index (χ4v) is 10.4. The molecule has 2 heteroatoms. The molecule has 0 amide bonds. The molecule has 0 spiro atoms. The van der Waals surface area contributed by atoms with Gasteiger partial charge in [0.1, 0.15) is 0 Å². The maximum Gasteiger partial charge on any atom is 0.0547 e. The molecule has 0 fully saturated rings. The molecule has 328 valence electrons. The molecule has 2 nitrogen and oxygen atoms in total. The lowest BCUT2D eigenvalue weighted by atomic mass is 9.99. The molecule has 0 aliphatic rings. The molecule has 0 saturated heterocycles. The number of benzene rings is 12. The molecule has 0 saturated carbocycles. The summed E-state index contributed by atoms with van der Waals surface area (Å²) in [6.45, 7) is 0. The average molecular weight is 891 g/mol. The molecule has 0 aliphatic heterocycles. The quantitative estimate of drug-likeness (QED) is 0.140. The van der Waals surface area contributed by atoms with Crippen molar-refractivity contribution in [2.24, 2.45) is 0 Å². The first-order valence-corrected chi connectivity index (χ1v) is 24.1. The first kappa shape index (κ1) is 41.0. The SMILES string of the molecule is c1ccc(-c2ccc(N(c3ccc(-c4ccccc4)cc3)c3ccc(-c4ccccc4-n4c5cc(-c6ccc7ccccc7c6)ccc5c5ccc(-c6ccc7ccccc7c6)cc54)cc3)cc2)cc1. The Balaban J connectivity index is 0.946. The Kier molecular flexibility index (Phi) is 10.2. The zero-order valence-corrected chi connectivity index (χ0v) is 38.5. The molecule has 1 aromatic heterocycles. The lowest BCUT2D eigenvalue weighted by Gasteiger charge is -2.26. The van der Waals surface area contributed by atoms with Crippen molar-refractivity contribution in [2.45, 2.75) is 0 Å². The van der Waals surface area contributed by atoms with Gasteiger partial charge in [-0.05, 0) is 138 Å². The van der Waals surface area contributed by atoms with Crippen molar-refractivity contribution in [1.29, 1.82) is 0 Å². The molecule has 13 rings (SSSR count). The second-order valence-electron chi connectivity index (χ2n) is 18.1. The van der Waals surface area contributed by atoms with E-state index in [1.54, 1.807) is 0 Å². The van der Waals surface area contributed by atoms with E-state index in [1.165, 1.54) is 87.9 Å². The van der Waals surface area contributed by atoms with E-state index in [2.05, 4.69) is 289 Å². The van der Waals surface area contributed by atoms with Gasteiger partial charge >= 0.3 is 0 Å². The van der Waals surface area contributed by atoms with Gasteiger partial charge in [0, 0.05) is 33.4 Å². The molecule has 0 unspecified atom stereocenters. The highest BCUT2D eigenvalue weighted by atomic mass is 15.1. The molecular weight excluding hydrogens is 845 g/mol. The Labute approximate surface area is 408 Å². The second-order valence-corrected chi connectivity index (χ2v) is 18.1. The number of hydrogen-bond acceptors (Lipinski definition) is 1. The van der Waals surface area contributed by atoms with Crippen LogP contribution in [0.4, 0.5) is 17.1 Å². The van der Waals surface area contributed by atoms with Gasteiger partial charge in [-0.25, -0.2) is 0 Å². The molecular formula is C68H46N2. The highest BCUT2D eigenvalue weighted by molar-refractivity contribution is 6.12. The van der Waals surface area contributed by atoms with Gasteiger partial charge in [-0.2, -0.15) is 0 Å². The van der Waals surface area contributed by atoms with Crippen LogP contribution in [-0.2, 0) is 0 Å². The number of anilines is 3. The number of hydrogen-bond donors (Lipinski definition) is 0. The van der Waals surface area contributed by atoms with Crippen LogP contribution in [-0.4, -0.2) is 4.57 Å². The van der Waals surface area contributed by atoms with Gasteiger partial charge in [-0.3, -0.25) is 0 Å². The monoisotopic (exact) mass is 890 g/mol. The molecule has 12 aromatic carbocycles. The maximum absolute atomic E-state index is 2.50. The molecule has 0 bridgehead atoms. The first-order valence-electron chi connectivity index (χ1n) is 24.1. The summed E-state index contributed by atoms with van der Waals surface area (Å²) in [5.74, 6) is 0. The molecule has 1 heterocycles. The highest BCUT2D eigenvalue weighted by Crippen LogP contribution is 2.42. The smallest absolute Gasteiger partial charge is 0.0547 e. The van der Waals surface area contributed by atoms with Gasteiger partial charge in [0.15, 0.2) is 0 Å². The molecule has 0 N–H and O–H groups in total. The summed E-state index contributed by atoms with van der Waals surface area (Å²) in [6, 6.07) is 102. The van der Waals surface area contributed by atoms with Crippen molar-refractivity contribution >= 4 is 60.4 Å². The van der Waals surface area contributed by atoms with Crippen LogP contribution < -0.4 is 4.90 Å². The topological polar surface area (TPSA) is 8.17 Å². The average Bonchev–Trinajstić information content (AvgIpc) is 3.76. The summed E-state index contributed by atoms with van der Waals surface area (Å²) < 4.78 is 2.50. The van der Waals surface area contributed by atoms with Crippen LogP contribution in [0.15, 0.2) is 279 Å². The summed E-state index contributed by atoms with van der Waals surface area (Å²) in [5.41, 5.74) is 18.6. The van der Waals surface area contributed by atoms with Gasteiger partial charge in [-0.15, -0.1) is 0 Å². The van der Waals surface area contributed by atoms with Crippen LogP contribution in [0.1, 0.15) is 0 Å². The Bertz CT molecular complexity index is 3800. The zero-order chi connectivity index (χ0) is 46.4. The third-order valence-electron chi connectivity index (χ3n) is 14.0. The number of para-hydroxylation sites is 1. The van der Waals surface area contributed by atoms with E-state index in [-0.39, 0.29) is 0 Å². The standard InChI is InChI=1S/C68H46N2/c1-3-13-47(14-4-1)51-27-35-60(36-28-51)69(61-37-29-52(30-38-61)48-15-5-2-6-16-48)62-39-31-53(32-40-62)63-21-11-12-22-66(63)70-67-45-58(56-25-23-49-17-7-9-19-54(49)43-56)33-41-64(67)65-42-34-59(46-68(65)70)57-26-24-50-18-8-10-20-55(50)44-57/h1-46H. The maximum atomic E-state index is 2.50. The van der Waals surface area contributed by atoms with Crippen LogP contribution in [0.25, 0.3) is 105 Å². The number of nitrogens with zero attached hydrogens (tertiary/aromatic N) is 2. The normalized spacial score (nSPS) is 11.4. The number of rotatable bonds is 9. The van der Waals surface area contributed by atoms with Crippen molar-refractivity contribution in [3.05, 3.63) is 279 Å². The fraction of sp³-hybridized carbons (Fsp3) is 0. The van der Waals surface area contributed by atoms with Crippen LogP contribution in [0.5, 0.6) is 0 Å². The fourth-order valence-electron chi connectivity index (χ4n) is 10.4. The summed E-state index contributed by atoms with van der Waals surface area (Å²) in [5, 5.41) is 7.41. The lowest BCUT2D eigenvalue weighted by molar-refractivity contribution is 1.18. The van der Waals surface area contributed by atoms with Gasteiger partial charge < -0.3 is 9.47 Å². The van der Waals surface area contributed by atoms with E-state index in [0.717, 1.165) is 33.9 Å². The Morgan fingerprint density at radius 1 is 0.229 bits per heavy atom. The van der Waals surface area contributed by atoms with Crippen LogP contribution >= 0.6 is 0 Å². The van der Waals surface area contributed by atoms with E-state index in [9.17, 15) is 0 Å². The summed E-state index contributed by atoms with van der Waals surface area (Å²) >= 11 is 0. The Morgan fingerprint density at radius 3 is 1.04 bits per heavy atom. The molecule has 0 atom stereocenters. The van der Waals surface area contributed by atoms with Crippen molar-refractivity contribution in [3.63, 3.8) is 0 Å². The summed E-state index contributed by atoms with van der Waals surface area (Å²) in [4.78, 5) is 2.36. The largest absolute Gasteiger partial charge is 0.311 e. The van der Waals surface area contributed by atoms with E-state index < -0.39 is 0 Å².